The van der Waals surface area contributed by atoms with Crippen LogP contribution in [0.25, 0.3) is 0 Å². The second kappa shape index (κ2) is 5.05. The Labute approximate surface area is 82.0 Å². The van der Waals surface area contributed by atoms with Gasteiger partial charge in [0.1, 0.15) is 0 Å². The van der Waals surface area contributed by atoms with Crippen LogP contribution in [-0.4, -0.2) is 45.9 Å². The van der Waals surface area contributed by atoms with Gasteiger partial charge in [-0.05, 0) is 20.3 Å². The molecule has 0 amide bonds. The van der Waals surface area contributed by atoms with E-state index in [4.69, 9.17) is 0 Å². The van der Waals surface area contributed by atoms with Gasteiger partial charge in [-0.1, -0.05) is 0 Å². The van der Waals surface area contributed by atoms with Crippen LogP contribution >= 0.6 is 0 Å². The highest BCUT2D eigenvalue weighted by molar-refractivity contribution is 7.86. The summed E-state index contributed by atoms with van der Waals surface area (Å²) >= 11 is 0. The molecular formula is C9H18FNOS. The fraction of sp³-hybridized carbons (Fsp3) is 1.00. The van der Waals surface area contributed by atoms with E-state index in [2.05, 4.69) is 4.90 Å². The first-order valence-electron chi connectivity index (χ1n) is 4.83. The van der Waals surface area contributed by atoms with Crippen molar-refractivity contribution >= 4 is 10.8 Å². The largest absolute Gasteiger partial charge is 0.301 e. The van der Waals surface area contributed by atoms with Crippen LogP contribution in [0.15, 0.2) is 0 Å². The van der Waals surface area contributed by atoms with E-state index in [-0.39, 0.29) is 17.2 Å². The molecule has 0 spiro atoms. The Kier molecular flexibility index (Phi) is 4.32. The zero-order chi connectivity index (χ0) is 9.84. The van der Waals surface area contributed by atoms with Crippen molar-refractivity contribution in [3.8, 4) is 0 Å². The third kappa shape index (κ3) is 3.02. The first kappa shape index (κ1) is 11.1. The SMILES string of the molecule is CC1CN(CCCF)CC(C)S1=O. The minimum Gasteiger partial charge on any atom is -0.301 e. The second-order valence-corrected chi connectivity index (χ2v) is 6.02. The molecule has 2 unspecified atom stereocenters. The maximum absolute atomic E-state index is 11.9. The van der Waals surface area contributed by atoms with E-state index in [0.717, 1.165) is 19.6 Å². The number of hydrogen-bond donors (Lipinski definition) is 0. The molecule has 0 aliphatic carbocycles. The second-order valence-electron chi connectivity index (χ2n) is 3.75. The highest BCUT2D eigenvalue weighted by Crippen LogP contribution is 2.14. The van der Waals surface area contributed by atoms with Gasteiger partial charge in [0.15, 0.2) is 0 Å². The van der Waals surface area contributed by atoms with Gasteiger partial charge < -0.3 is 4.90 Å². The average molecular weight is 207 g/mol. The van der Waals surface area contributed by atoms with Gasteiger partial charge in [-0.25, -0.2) is 0 Å². The predicted octanol–water partition coefficient (Wildman–Crippen LogP) is 1.19. The highest BCUT2D eigenvalue weighted by Gasteiger charge is 2.27. The molecule has 1 fully saturated rings. The molecule has 0 bridgehead atoms. The Morgan fingerprint density at radius 2 is 1.92 bits per heavy atom. The third-order valence-corrected chi connectivity index (χ3v) is 4.32. The molecule has 0 aromatic carbocycles. The van der Waals surface area contributed by atoms with Crippen molar-refractivity contribution in [2.24, 2.45) is 0 Å². The summed E-state index contributed by atoms with van der Waals surface area (Å²) < 4.78 is 23.5. The molecule has 2 nitrogen and oxygen atoms in total. The van der Waals surface area contributed by atoms with Gasteiger partial charge in [-0.3, -0.25) is 8.60 Å². The lowest BCUT2D eigenvalue weighted by molar-refractivity contribution is 0.252. The van der Waals surface area contributed by atoms with E-state index in [1.54, 1.807) is 0 Å². The molecule has 0 radical (unpaired) electrons. The maximum Gasteiger partial charge on any atom is 0.0906 e. The summed E-state index contributed by atoms with van der Waals surface area (Å²) in [6, 6.07) is 0. The van der Waals surface area contributed by atoms with Crippen molar-refractivity contribution in [3.63, 3.8) is 0 Å². The van der Waals surface area contributed by atoms with Crippen LogP contribution in [0, 0.1) is 0 Å². The molecule has 4 heteroatoms. The fourth-order valence-corrected chi connectivity index (χ4v) is 3.32. The monoisotopic (exact) mass is 207 g/mol. The molecule has 0 saturated carbocycles. The Morgan fingerprint density at radius 3 is 2.38 bits per heavy atom. The van der Waals surface area contributed by atoms with Gasteiger partial charge in [0.25, 0.3) is 0 Å². The van der Waals surface area contributed by atoms with Gasteiger partial charge >= 0.3 is 0 Å². The highest BCUT2D eigenvalue weighted by atomic mass is 32.2. The van der Waals surface area contributed by atoms with Gasteiger partial charge in [0.2, 0.25) is 0 Å². The molecule has 1 heterocycles. The maximum atomic E-state index is 11.9. The van der Waals surface area contributed by atoms with Crippen LogP contribution in [0.1, 0.15) is 20.3 Å². The summed E-state index contributed by atoms with van der Waals surface area (Å²) in [6.45, 7) is 6.29. The smallest absolute Gasteiger partial charge is 0.0906 e. The zero-order valence-corrected chi connectivity index (χ0v) is 9.15. The Bertz CT molecular complexity index is 174. The van der Waals surface area contributed by atoms with Crippen LogP contribution in [0.3, 0.4) is 0 Å². The summed E-state index contributed by atoms with van der Waals surface area (Å²) in [6.07, 6.45) is 0.603. The third-order valence-electron chi connectivity index (χ3n) is 2.43. The summed E-state index contributed by atoms with van der Waals surface area (Å²) in [4.78, 5) is 2.22. The molecule has 1 rings (SSSR count). The number of nitrogens with zero attached hydrogens (tertiary/aromatic N) is 1. The lowest BCUT2D eigenvalue weighted by atomic mass is 10.3. The normalized spacial score (nSPS) is 36.4. The summed E-state index contributed by atoms with van der Waals surface area (Å²) in [5.41, 5.74) is 0. The Balaban J connectivity index is 2.39. The first-order valence-corrected chi connectivity index (χ1v) is 6.10. The molecule has 0 aromatic rings. The molecular weight excluding hydrogens is 189 g/mol. The van der Waals surface area contributed by atoms with Gasteiger partial charge in [-0.2, -0.15) is 0 Å². The van der Waals surface area contributed by atoms with Crippen molar-refractivity contribution in [1.29, 1.82) is 0 Å². The molecule has 1 saturated heterocycles. The topological polar surface area (TPSA) is 20.3 Å². The Morgan fingerprint density at radius 1 is 1.38 bits per heavy atom. The summed E-state index contributed by atoms with van der Waals surface area (Å²) in [5.74, 6) is 0. The van der Waals surface area contributed by atoms with Crippen LogP contribution in [0.2, 0.25) is 0 Å². The van der Waals surface area contributed by atoms with Crippen molar-refractivity contribution < 1.29 is 8.60 Å². The van der Waals surface area contributed by atoms with Crippen molar-refractivity contribution in [3.05, 3.63) is 0 Å². The van der Waals surface area contributed by atoms with E-state index in [0.29, 0.717) is 6.42 Å². The van der Waals surface area contributed by atoms with Crippen LogP contribution in [-0.2, 0) is 10.8 Å². The summed E-state index contributed by atoms with van der Waals surface area (Å²) in [7, 11) is -0.691. The van der Waals surface area contributed by atoms with Gasteiger partial charge in [-0.15, -0.1) is 0 Å². The van der Waals surface area contributed by atoms with Gasteiger partial charge in [0.05, 0.1) is 6.67 Å². The number of alkyl halides is 1. The number of hydrogen-bond acceptors (Lipinski definition) is 2. The zero-order valence-electron chi connectivity index (χ0n) is 8.33. The van der Waals surface area contributed by atoms with E-state index in [1.165, 1.54) is 0 Å². The molecule has 1 aliphatic heterocycles. The van der Waals surface area contributed by atoms with Crippen molar-refractivity contribution in [1.82, 2.24) is 4.90 Å². The number of rotatable bonds is 3. The molecule has 0 aromatic heterocycles. The fourth-order valence-electron chi connectivity index (χ4n) is 1.81. The Hall–Kier alpha value is 0.0400. The van der Waals surface area contributed by atoms with Crippen LogP contribution in [0.4, 0.5) is 4.39 Å². The minimum absolute atomic E-state index is 0.239. The van der Waals surface area contributed by atoms with E-state index >= 15 is 0 Å². The predicted molar refractivity (Wildman–Crippen MR) is 54.1 cm³/mol. The van der Waals surface area contributed by atoms with E-state index < -0.39 is 10.8 Å². The quantitative estimate of drug-likeness (QED) is 0.693. The van der Waals surface area contributed by atoms with Gasteiger partial charge in [0, 0.05) is 40.9 Å². The van der Waals surface area contributed by atoms with Crippen LogP contribution < -0.4 is 0 Å². The summed E-state index contributed by atoms with van der Waals surface area (Å²) in [5, 5.41) is 0.478. The van der Waals surface area contributed by atoms with Crippen molar-refractivity contribution in [2.75, 3.05) is 26.3 Å². The standard InChI is InChI=1S/C9H18FNOS/c1-8-6-11(5-3-4-10)7-9(2)13(8)12/h8-9H,3-7H2,1-2H3. The first-order chi connectivity index (χ1) is 6.15. The van der Waals surface area contributed by atoms with E-state index in [9.17, 15) is 8.60 Å². The lowest BCUT2D eigenvalue weighted by Gasteiger charge is -2.34. The van der Waals surface area contributed by atoms with E-state index in [1.807, 2.05) is 13.8 Å². The molecule has 78 valence electrons. The lowest BCUT2D eigenvalue weighted by Crippen LogP contribution is -2.47. The molecule has 0 N–H and O–H groups in total. The molecule has 2 atom stereocenters. The molecule has 13 heavy (non-hydrogen) atoms. The minimum atomic E-state index is -0.691. The average Bonchev–Trinajstić information content (AvgIpc) is 2.10. The van der Waals surface area contributed by atoms with Crippen molar-refractivity contribution in [2.45, 2.75) is 30.8 Å². The number of halogens is 1. The van der Waals surface area contributed by atoms with Crippen LogP contribution in [0.5, 0.6) is 0 Å². The molecule has 1 aliphatic rings.